The maximum atomic E-state index is 13.1. The maximum Gasteiger partial charge on any atom is 0.288 e. The number of pyridine rings is 1. The molecule has 1 amide bonds. The summed E-state index contributed by atoms with van der Waals surface area (Å²) in [7, 11) is 1.53. The lowest BCUT2D eigenvalue weighted by Crippen LogP contribution is -2.35. The van der Waals surface area contributed by atoms with E-state index in [0.717, 1.165) is 12.8 Å². The van der Waals surface area contributed by atoms with Crippen LogP contribution in [-0.4, -0.2) is 34.1 Å². The van der Waals surface area contributed by atoms with Gasteiger partial charge in [-0.2, -0.15) is 0 Å². The van der Waals surface area contributed by atoms with Gasteiger partial charge in [0.15, 0.2) is 11.3 Å². The van der Waals surface area contributed by atoms with Crippen LogP contribution in [0.3, 0.4) is 0 Å². The molecular weight excluding hydrogens is 332 g/mol. The molecule has 0 unspecified atom stereocenters. The zero-order valence-corrected chi connectivity index (χ0v) is 14.3. The summed E-state index contributed by atoms with van der Waals surface area (Å²) in [5.74, 6) is 0.561. The summed E-state index contributed by atoms with van der Waals surface area (Å²) >= 11 is 0. The summed E-state index contributed by atoms with van der Waals surface area (Å²) in [4.78, 5) is 34.2. The monoisotopic (exact) mass is 350 g/mol. The average Bonchev–Trinajstić information content (AvgIpc) is 3.50. The molecular formula is C19H18N4O3. The first-order valence-electron chi connectivity index (χ1n) is 8.48. The number of carbonyl (C=O) groups is 1. The second kappa shape index (κ2) is 6.59. The van der Waals surface area contributed by atoms with Gasteiger partial charge in [0, 0.05) is 12.7 Å². The quantitative estimate of drug-likeness (QED) is 0.760. The topological polar surface area (TPSA) is 86.1 Å². The summed E-state index contributed by atoms with van der Waals surface area (Å²) in [5, 5.41) is 2.81. The molecule has 0 radical (unpaired) electrons. The molecule has 1 N–H and O–H groups in total. The van der Waals surface area contributed by atoms with Gasteiger partial charge in [-0.3, -0.25) is 14.2 Å². The SMILES string of the molecule is COc1ccccc1-n1c(=O)c(C(=O)NCC2CC2)nc2cccnc21. The van der Waals surface area contributed by atoms with Crippen molar-refractivity contribution < 1.29 is 9.53 Å². The Balaban J connectivity index is 1.91. The van der Waals surface area contributed by atoms with Gasteiger partial charge >= 0.3 is 0 Å². The molecule has 7 nitrogen and oxygen atoms in total. The molecule has 1 fully saturated rings. The summed E-state index contributed by atoms with van der Waals surface area (Å²) in [6.45, 7) is 0.569. The summed E-state index contributed by atoms with van der Waals surface area (Å²) in [6, 6.07) is 10.6. The van der Waals surface area contributed by atoms with E-state index < -0.39 is 11.5 Å². The molecule has 0 aliphatic heterocycles. The van der Waals surface area contributed by atoms with Crippen molar-refractivity contribution in [3.05, 3.63) is 58.6 Å². The Morgan fingerprint density at radius 3 is 2.85 bits per heavy atom. The molecule has 2 aromatic heterocycles. The van der Waals surface area contributed by atoms with E-state index in [-0.39, 0.29) is 5.69 Å². The van der Waals surface area contributed by atoms with Gasteiger partial charge in [-0.15, -0.1) is 0 Å². The highest BCUT2D eigenvalue weighted by Crippen LogP contribution is 2.27. The van der Waals surface area contributed by atoms with E-state index in [1.54, 1.807) is 36.5 Å². The smallest absolute Gasteiger partial charge is 0.288 e. The van der Waals surface area contributed by atoms with E-state index in [1.165, 1.54) is 11.7 Å². The van der Waals surface area contributed by atoms with Gasteiger partial charge in [-0.05, 0) is 43.0 Å². The molecule has 26 heavy (non-hydrogen) atoms. The summed E-state index contributed by atoms with van der Waals surface area (Å²) in [6.07, 6.45) is 3.81. The van der Waals surface area contributed by atoms with Crippen LogP contribution in [0.5, 0.6) is 5.75 Å². The van der Waals surface area contributed by atoms with Crippen LogP contribution in [0.15, 0.2) is 47.4 Å². The van der Waals surface area contributed by atoms with Crippen molar-refractivity contribution in [1.29, 1.82) is 0 Å². The molecule has 1 aliphatic carbocycles. The van der Waals surface area contributed by atoms with Crippen LogP contribution in [0.25, 0.3) is 16.9 Å². The molecule has 0 bridgehead atoms. The number of rotatable bonds is 5. The highest BCUT2D eigenvalue weighted by molar-refractivity contribution is 5.93. The minimum atomic E-state index is -0.519. The van der Waals surface area contributed by atoms with Crippen molar-refractivity contribution in [3.63, 3.8) is 0 Å². The third kappa shape index (κ3) is 2.92. The normalized spacial score (nSPS) is 13.6. The molecule has 7 heteroatoms. The molecule has 4 rings (SSSR count). The Hall–Kier alpha value is -3.22. The van der Waals surface area contributed by atoms with E-state index in [2.05, 4.69) is 15.3 Å². The van der Waals surface area contributed by atoms with E-state index in [9.17, 15) is 9.59 Å². The number of nitrogens with one attached hydrogen (secondary N) is 1. The number of ether oxygens (including phenoxy) is 1. The fraction of sp³-hybridized carbons (Fsp3) is 0.263. The fourth-order valence-corrected chi connectivity index (χ4v) is 2.85. The second-order valence-corrected chi connectivity index (χ2v) is 6.27. The largest absolute Gasteiger partial charge is 0.495 e. The first kappa shape index (κ1) is 16.3. The zero-order valence-electron chi connectivity index (χ0n) is 14.3. The van der Waals surface area contributed by atoms with E-state index in [4.69, 9.17) is 4.74 Å². The third-order valence-corrected chi connectivity index (χ3v) is 4.41. The van der Waals surface area contributed by atoms with E-state index in [0.29, 0.717) is 35.1 Å². The first-order chi connectivity index (χ1) is 12.7. The molecule has 1 aromatic carbocycles. The highest BCUT2D eigenvalue weighted by atomic mass is 16.5. The number of amides is 1. The predicted molar refractivity (Wildman–Crippen MR) is 96.7 cm³/mol. The van der Waals surface area contributed by atoms with Crippen LogP contribution in [0.4, 0.5) is 0 Å². The molecule has 0 spiro atoms. The second-order valence-electron chi connectivity index (χ2n) is 6.27. The number of hydrogen-bond donors (Lipinski definition) is 1. The molecule has 0 saturated heterocycles. The minimum absolute atomic E-state index is 0.142. The molecule has 2 heterocycles. The zero-order chi connectivity index (χ0) is 18.1. The van der Waals surface area contributed by atoms with E-state index in [1.807, 2.05) is 6.07 Å². The molecule has 0 atom stereocenters. The van der Waals surface area contributed by atoms with Crippen molar-refractivity contribution in [2.45, 2.75) is 12.8 Å². The first-order valence-corrected chi connectivity index (χ1v) is 8.48. The standard InChI is InChI=1S/C19H18N4O3/c1-26-15-7-3-2-6-14(15)23-17-13(5-4-10-20-17)22-16(19(23)25)18(24)21-11-12-8-9-12/h2-7,10,12H,8-9,11H2,1H3,(H,21,24). The van der Waals surface area contributed by atoms with Gasteiger partial charge in [0.05, 0.1) is 12.8 Å². The van der Waals surface area contributed by atoms with Crippen LogP contribution in [-0.2, 0) is 0 Å². The molecule has 132 valence electrons. The lowest BCUT2D eigenvalue weighted by molar-refractivity contribution is 0.0945. The van der Waals surface area contributed by atoms with Crippen LogP contribution < -0.4 is 15.6 Å². The number of aromatic nitrogens is 3. The Kier molecular flexibility index (Phi) is 4.12. The lowest BCUT2D eigenvalue weighted by atomic mass is 10.2. The number of para-hydroxylation sites is 2. The summed E-state index contributed by atoms with van der Waals surface area (Å²) < 4.78 is 6.76. The average molecular weight is 350 g/mol. The van der Waals surface area contributed by atoms with Crippen molar-refractivity contribution in [2.75, 3.05) is 13.7 Å². The number of fused-ring (bicyclic) bond motifs is 1. The van der Waals surface area contributed by atoms with Crippen LogP contribution in [0.1, 0.15) is 23.3 Å². The maximum absolute atomic E-state index is 13.1. The fourth-order valence-electron chi connectivity index (χ4n) is 2.85. The number of carbonyl (C=O) groups excluding carboxylic acids is 1. The number of hydrogen-bond acceptors (Lipinski definition) is 5. The van der Waals surface area contributed by atoms with Gasteiger partial charge in [-0.25, -0.2) is 9.97 Å². The number of benzene rings is 1. The molecule has 3 aromatic rings. The van der Waals surface area contributed by atoms with Gasteiger partial charge in [-0.1, -0.05) is 12.1 Å². The molecule has 1 saturated carbocycles. The van der Waals surface area contributed by atoms with Crippen molar-refractivity contribution in [3.8, 4) is 11.4 Å². The lowest BCUT2D eigenvalue weighted by Gasteiger charge is -2.14. The number of methoxy groups -OCH3 is 1. The van der Waals surface area contributed by atoms with Crippen LogP contribution in [0, 0.1) is 5.92 Å². The Morgan fingerprint density at radius 2 is 2.08 bits per heavy atom. The third-order valence-electron chi connectivity index (χ3n) is 4.41. The highest BCUT2D eigenvalue weighted by Gasteiger charge is 2.24. The van der Waals surface area contributed by atoms with E-state index >= 15 is 0 Å². The number of nitrogens with zero attached hydrogens (tertiary/aromatic N) is 3. The van der Waals surface area contributed by atoms with Crippen molar-refractivity contribution in [2.24, 2.45) is 5.92 Å². The Morgan fingerprint density at radius 1 is 1.27 bits per heavy atom. The van der Waals surface area contributed by atoms with Gasteiger partial charge < -0.3 is 10.1 Å². The minimum Gasteiger partial charge on any atom is -0.495 e. The Bertz CT molecular complexity index is 1040. The molecule has 1 aliphatic rings. The van der Waals surface area contributed by atoms with Gasteiger partial charge in [0.2, 0.25) is 0 Å². The van der Waals surface area contributed by atoms with Crippen LogP contribution >= 0.6 is 0 Å². The van der Waals surface area contributed by atoms with Gasteiger partial charge in [0.25, 0.3) is 11.5 Å². The summed E-state index contributed by atoms with van der Waals surface area (Å²) in [5.41, 5.74) is 0.698. The van der Waals surface area contributed by atoms with Crippen molar-refractivity contribution >= 4 is 17.1 Å². The predicted octanol–water partition coefficient (Wildman–Crippen LogP) is 1.93. The van der Waals surface area contributed by atoms with Crippen molar-refractivity contribution in [1.82, 2.24) is 19.9 Å². The Labute approximate surface area is 149 Å². The van der Waals surface area contributed by atoms with Gasteiger partial charge in [0.1, 0.15) is 11.3 Å². The van der Waals surface area contributed by atoms with Crippen LogP contribution in [0.2, 0.25) is 0 Å².